The van der Waals surface area contributed by atoms with Crippen LogP contribution >= 0.6 is 0 Å². The van der Waals surface area contributed by atoms with E-state index in [1.165, 1.54) is 35.6 Å². The summed E-state index contributed by atoms with van der Waals surface area (Å²) in [4.78, 5) is 10.9. The monoisotopic (exact) mass is 396 g/mol. The molecule has 0 spiro atoms. The Morgan fingerprint density at radius 1 is 1.14 bits per heavy atom. The lowest BCUT2D eigenvalue weighted by Gasteiger charge is -2.42. The fraction of sp³-hybridized carbons (Fsp3) is 0.577. The number of benzene rings is 1. The van der Waals surface area contributed by atoms with Crippen LogP contribution in [0.15, 0.2) is 42.0 Å². The number of ether oxygens (including phenoxy) is 1. The summed E-state index contributed by atoms with van der Waals surface area (Å²) in [7, 11) is 1.76. The van der Waals surface area contributed by atoms with Crippen molar-refractivity contribution in [2.24, 2.45) is 11.8 Å². The largest absolute Gasteiger partial charge is 0.478 e. The summed E-state index contributed by atoms with van der Waals surface area (Å²) in [6.45, 7) is 14.3. The van der Waals surface area contributed by atoms with E-state index in [4.69, 9.17) is 9.84 Å². The number of rotatable bonds is 6. The molecule has 0 amide bonds. The molecule has 1 aromatic rings. The second-order valence-corrected chi connectivity index (χ2v) is 10.5. The van der Waals surface area contributed by atoms with Gasteiger partial charge in [0.1, 0.15) is 0 Å². The van der Waals surface area contributed by atoms with Gasteiger partial charge in [0.15, 0.2) is 0 Å². The minimum Gasteiger partial charge on any atom is -0.478 e. The fourth-order valence-electron chi connectivity index (χ4n) is 5.26. The zero-order chi connectivity index (χ0) is 21.6. The molecule has 1 aromatic carbocycles. The maximum atomic E-state index is 10.9. The maximum Gasteiger partial charge on any atom is 0.328 e. The number of hydrogen-bond donors (Lipinski definition) is 1. The van der Waals surface area contributed by atoms with Crippen molar-refractivity contribution in [3.05, 3.63) is 58.7 Å². The SMILES string of the molecule is COC[C@@H]1[C@H](/C=C/C(C)=C/C(=O)O)[C@@]1(C)c1ccc2c(c1)C(C)(C)CCC2(C)C. The number of carboxylic acids is 1. The number of methoxy groups -OCH3 is 1. The molecule has 0 heterocycles. The van der Waals surface area contributed by atoms with Gasteiger partial charge in [0.05, 0.1) is 6.61 Å². The van der Waals surface area contributed by atoms with Crippen LogP contribution in [0.4, 0.5) is 0 Å². The van der Waals surface area contributed by atoms with Crippen LogP contribution in [0.5, 0.6) is 0 Å². The van der Waals surface area contributed by atoms with Crippen molar-refractivity contribution in [3.8, 4) is 0 Å². The number of allylic oxidation sites excluding steroid dienone is 3. The lowest BCUT2D eigenvalue weighted by molar-refractivity contribution is -0.131. The van der Waals surface area contributed by atoms with Gasteiger partial charge in [-0.2, -0.15) is 0 Å². The summed E-state index contributed by atoms with van der Waals surface area (Å²) in [5.74, 6) is -0.157. The smallest absolute Gasteiger partial charge is 0.328 e. The third-order valence-corrected chi connectivity index (χ3v) is 7.53. The van der Waals surface area contributed by atoms with E-state index in [0.717, 1.165) is 5.57 Å². The highest BCUT2D eigenvalue weighted by Crippen LogP contribution is 2.61. The molecule has 1 saturated carbocycles. The Morgan fingerprint density at radius 3 is 2.34 bits per heavy atom. The van der Waals surface area contributed by atoms with E-state index in [0.29, 0.717) is 18.4 Å². The first-order chi connectivity index (χ1) is 13.4. The van der Waals surface area contributed by atoms with Gasteiger partial charge in [-0.25, -0.2) is 4.79 Å². The Kier molecular flexibility index (Phi) is 5.59. The quantitative estimate of drug-likeness (QED) is 0.490. The third-order valence-electron chi connectivity index (χ3n) is 7.53. The molecular formula is C26H36O3. The molecule has 0 unspecified atom stereocenters. The van der Waals surface area contributed by atoms with E-state index in [9.17, 15) is 4.79 Å². The van der Waals surface area contributed by atoms with Crippen molar-refractivity contribution in [1.29, 1.82) is 0 Å². The van der Waals surface area contributed by atoms with Crippen molar-refractivity contribution >= 4 is 5.97 Å². The van der Waals surface area contributed by atoms with Crippen LogP contribution in [0.25, 0.3) is 0 Å². The van der Waals surface area contributed by atoms with Crippen molar-refractivity contribution in [2.45, 2.75) is 70.6 Å². The Labute approximate surface area is 175 Å². The van der Waals surface area contributed by atoms with E-state index < -0.39 is 5.97 Å². The molecule has 3 atom stereocenters. The van der Waals surface area contributed by atoms with Crippen molar-refractivity contribution in [2.75, 3.05) is 13.7 Å². The Hall–Kier alpha value is -1.87. The molecule has 3 heteroatoms. The number of aliphatic carboxylic acids is 1. The Bertz CT molecular complexity index is 859. The van der Waals surface area contributed by atoms with Crippen LogP contribution in [-0.4, -0.2) is 24.8 Å². The maximum absolute atomic E-state index is 10.9. The summed E-state index contributed by atoms with van der Waals surface area (Å²) in [5.41, 5.74) is 5.53. The van der Waals surface area contributed by atoms with Crippen LogP contribution in [0.2, 0.25) is 0 Å². The molecule has 0 aromatic heterocycles. The first kappa shape index (κ1) is 21.8. The average Bonchev–Trinajstić information content (AvgIpc) is 3.21. The number of fused-ring (bicyclic) bond motifs is 1. The molecule has 3 nitrogen and oxygen atoms in total. The standard InChI is InChI=1S/C26H36O3/c1-17(14-23(27)28)8-10-20-22(16-29-7)26(20,6)18-9-11-19-21(15-18)25(4,5)13-12-24(19,2)3/h8-11,14-15,20,22H,12-13,16H2,1-7H3,(H,27,28)/b10-8+,17-14+/t20-,22+,26+/m0/s1. The van der Waals surface area contributed by atoms with Gasteiger partial charge in [-0.15, -0.1) is 0 Å². The normalized spacial score (nSPS) is 30.2. The molecular weight excluding hydrogens is 360 g/mol. The first-order valence-electron chi connectivity index (χ1n) is 10.7. The minimum atomic E-state index is -0.904. The summed E-state index contributed by atoms with van der Waals surface area (Å²) in [6, 6.07) is 7.13. The molecule has 2 aliphatic rings. The van der Waals surface area contributed by atoms with E-state index in [1.54, 1.807) is 7.11 Å². The van der Waals surface area contributed by atoms with E-state index in [1.807, 2.05) is 13.0 Å². The minimum absolute atomic E-state index is 0.0166. The van der Waals surface area contributed by atoms with Crippen molar-refractivity contribution < 1.29 is 14.6 Å². The van der Waals surface area contributed by atoms with Crippen LogP contribution in [0, 0.1) is 11.8 Å². The van der Waals surface area contributed by atoms with Gasteiger partial charge in [0.2, 0.25) is 0 Å². The molecule has 0 saturated heterocycles. The molecule has 29 heavy (non-hydrogen) atoms. The molecule has 0 aliphatic heterocycles. The third kappa shape index (κ3) is 3.94. The molecule has 1 fully saturated rings. The highest BCUT2D eigenvalue weighted by Gasteiger charge is 2.60. The summed E-state index contributed by atoms with van der Waals surface area (Å²) < 4.78 is 5.53. The predicted molar refractivity (Wildman–Crippen MR) is 118 cm³/mol. The van der Waals surface area contributed by atoms with Gasteiger partial charge in [-0.3, -0.25) is 0 Å². The lowest BCUT2D eigenvalue weighted by Crippen LogP contribution is -2.34. The summed E-state index contributed by atoms with van der Waals surface area (Å²) >= 11 is 0. The topological polar surface area (TPSA) is 46.5 Å². The van der Waals surface area contributed by atoms with Crippen LogP contribution in [0.1, 0.15) is 71.1 Å². The molecule has 0 radical (unpaired) electrons. The first-order valence-corrected chi connectivity index (χ1v) is 10.7. The molecule has 3 rings (SSSR count). The zero-order valence-corrected chi connectivity index (χ0v) is 19.0. The Balaban J connectivity index is 1.98. The van der Waals surface area contributed by atoms with Gasteiger partial charge in [0, 0.05) is 18.6 Å². The second-order valence-electron chi connectivity index (χ2n) is 10.5. The lowest BCUT2D eigenvalue weighted by atomic mass is 9.62. The molecule has 1 N–H and O–H groups in total. The van der Waals surface area contributed by atoms with Gasteiger partial charge >= 0.3 is 5.97 Å². The number of carboxylic acid groups (broad SMARTS) is 1. The average molecular weight is 397 g/mol. The van der Waals surface area contributed by atoms with E-state index in [2.05, 4.69) is 58.9 Å². The van der Waals surface area contributed by atoms with Crippen molar-refractivity contribution in [3.63, 3.8) is 0 Å². The number of hydrogen-bond acceptors (Lipinski definition) is 2. The van der Waals surface area contributed by atoms with Crippen molar-refractivity contribution in [1.82, 2.24) is 0 Å². The highest BCUT2D eigenvalue weighted by atomic mass is 16.5. The van der Waals surface area contributed by atoms with Gasteiger partial charge in [-0.05, 0) is 64.7 Å². The van der Waals surface area contributed by atoms with Gasteiger partial charge in [-0.1, -0.05) is 65.0 Å². The molecule has 2 aliphatic carbocycles. The summed E-state index contributed by atoms with van der Waals surface area (Å²) in [6.07, 6.45) is 7.80. The number of carbonyl (C=O) groups is 1. The van der Waals surface area contributed by atoms with E-state index in [-0.39, 0.29) is 16.2 Å². The highest BCUT2D eigenvalue weighted by molar-refractivity contribution is 5.81. The van der Waals surface area contributed by atoms with Gasteiger partial charge < -0.3 is 9.84 Å². The summed E-state index contributed by atoms with van der Waals surface area (Å²) in [5, 5.41) is 8.96. The van der Waals surface area contributed by atoms with Crippen LogP contribution < -0.4 is 0 Å². The van der Waals surface area contributed by atoms with Crippen LogP contribution in [0.3, 0.4) is 0 Å². The second kappa shape index (κ2) is 7.43. The predicted octanol–water partition coefficient (Wildman–Crippen LogP) is 5.77. The fourth-order valence-corrected chi connectivity index (χ4v) is 5.26. The van der Waals surface area contributed by atoms with E-state index >= 15 is 0 Å². The zero-order valence-electron chi connectivity index (χ0n) is 19.0. The molecule has 158 valence electrons. The van der Waals surface area contributed by atoms with Crippen LogP contribution in [-0.2, 0) is 25.8 Å². The molecule has 0 bridgehead atoms. The van der Waals surface area contributed by atoms with Gasteiger partial charge in [0.25, 0.3) is 0 Å². The Morgan fingerprint density at radius 2 is 1.76 bits per heavy atom.